The number of hydrogen-bond donors (Lipinski definition) is 1. The molecule has 16 heavy (non-hydrogen) atoms. The monoisotopic (exact) mass is 229 g/mol. The Kier molecular flexibility index (Phi) is 3.93. The Morgan fingerprint density at radius 1 is 1.50 bits per heavy atom. The van der Waals surface area contributed by atoms with E-state index in [1.807, 2.05) is 13.8 Å². The summed E-state index contributed by atoms with van der Waals surface area (Å²) >= 11 is 0. The fourth-order valence-corrected chi connectivity index (χ4v) is 1.48. The molecule has 0 spiro atoms. The molecule has 0 radical (unpaired) electrons. The van der Waals surface area contributed by atoms with Gasteiger partial charge in [0.25, 0.3) is 0 Å². The van der Waals surface area contributed by atoms with Crippen LogP contribution in [-0.2, 0) is 4.79 Å². The predicted octanol–water partition coefficient (Wildman–Crippen LogP) is 2.57. The lowest BCUT2D eigenvalue weighted by Gasteiger charge is -2.14. The van der Waals surface area contributed by atoms with Crippen molar-refractivity contribution in [3.63, 3.8) is 0 Å². The molecule has 0 fully saturated rings. The van der Waals surface area contributed by atoms with Crippen molar-refractivity contribution in [2.75, 3.05) is 0 Å². The first-order valence-corrected chi connectivity index (χ1v) is 4.95. The van der Waals surface area contributed by atoms with Crippen LogP contribution in [0.15, 0.2) is 12.3 Å². The van der Waals surface area contributed by atoms with Gasteiger partial charge in [-0.1, -0.05) is 13.8 Å². The normalized spacial score (nSPS) is 12.8. The molecule has 1 unspecified atom stereocenters. The fraction of sp³-hybridized carbons (Fsp3) is 0.455. The maximum atomic E-state index is 13.3. The largest absolute Gasteiger partial charge is 0.481 e. The maximum absolute atomic E-state index is 13.3. The summed E-state index contributed by atoms with van der Waals surface area (Å²) in [7, 11) is 0. The van der Waals surface area contributed by atoms with Gasteiger partial charge in [-0.15, -0.1) is 0 Å². The molecule has 1 aromatic heterocycles. The third-order valence-corrected chi connectivity index (χ3v) is 2.17. The SMILES string of the molecule is CC(C)CC(C(=O)O)c1ncc(F)cc1F. The summed E-state index contributed by atoms with van der Waals surface area (Å²) in [5.41, 5.74) is -0.206. The van der Waals surface area contributed by atoms with E-state index in [0.717, 1.165) is 6.20 Å². The number of carboxylic acid groups (broad SMARTS) is 1. The predicted molar refractivity (Wildman–Crippen MR) is 54.0 cm³/mol. The Labute approximate surface area is 92.1 Å². The highest BCUT2D eigenvalue weighted by molar-refractivity contribution is 5.75. The second-order valence-electron chi connectivity index (χ2n) is 4.04. The standard InChI is InChI=1S/C11H13F2NO2/c1-6(2)3-8(11(15)16)10-9(13)4-7(12)5-14-10/h4-6,8H,3H2,1-2H3,(H,15,16). The summed E-state index contributed by atoms with van der Waals surface area (Å²) in [6, 6.07) is 0.651. The van der Waals surface area contributed by atoms with Gasteiger partial charge in [-0.2, -0.15) is 0 Å². The molecular weight excluding hydrogens is 216 g/mol. The molecule has 1 atom stereocenters. The minimum Gasteiger partial charge on any atom is -0.481 e. The van der Waals surface area contributed by atoms with Crippen LogP contribution in [0.1, 0.15) is 31.9 Å². The van der Waals surface area contributed by atoms with Crippen LogP contribution < -0.4 is 0 Å². The lowest BCUT2D eigenvalue weighted by Crippen LogP contribution is -2.17. The third kappa shape index (κ3) is 2.98. The zero-order valence-corrected chi connectivity index (χ0v) is 9.08. The third-order valence-electron chi connectivity index (χ3n) is 2.17. The van der Waals surface area contributed by atoms with Gasteiger partial charge in [0.05, 0.1) is 11.9 Å². The van der Waals surface area contributed by atoms with Gasteiger partial charge in [-0.25, -0.2) is 8.78 Å². The summed E-state index contributed by atoms with van der Waals surface area (Å²) in [5, 5.41) is 8.97. The average Bonchev–Trinajstić information content (AvgIpc) is 2.14. The van der Waals surface area contributed by atoms with Gasteiger partial charge in [0.15, 0.2) is 0 Å². The summed E-state index contributed by atoms with van der Waals surface area (Å²) in [4.78, 5) is 14.5. The highest BCUT2D eigenvalue weighted by Crippen LogP contribution is 2.24. The Morgan fingerprint density at radius 2 is 2.12 bits per heavy atom. The lowest BCUT2D eigenvalue weighted by atomic mass is 9.93. The van der Waals surface area contributed by atoms with E-state index < -0.39 is 23.5 Å². The number of hydrogen-bond acceptors (Lipinski definition) is 2. The van der Waals surface area contributed by atoms with Crippen molar-refractivity contribution in [3.05, 3.63) is 29.6 Å². The number of aromatic nitrogens is 1. The number of carboxylic acids is 1. The minimum atomic E-state index is -1.15. The van der Waals surface area contributed by atoms with Crippen molar-refractivity contribution in [3.8, 4) is 0 Å². The molecule has 0 saturated carbocycles. The molecule has 88 valence electrons. The number of halogens is 2. The van der Waals surface area contributed by atoms with Crippen molar-refractivity contribution >= 4 is 5.97 Å². The van der Waals surface area contributed by atoms with Crippen molar-refractivity contribution in [1.29, 1.82) is 0 Å². The molecule has 0 aliphatic carbocycles. The maximum Gasteiger partial charge on any atom is 0.312 e. The Hall–Kier alpha value is -1.52. The summed E-state index contributed by atoms with van der Waals surface area (Å²) < 4.78 is 26.0. The van der Waals surface area contributed by atoms with Crippen LogP contribution in [0.4, 0.5) is 8.78 Å². The molecule has 0 aliphatic rings. The van der Waals surface area contributed by atoms with Crippen molar-refractivity contribution < 1.29 is 18.7 Å². The van der Waals surface area contributed by atoms with E-state index in [2.05, 4.69) is 4.98 Å². The van der Waals surface area contributed by atoms with Crippen LogP contribution >= 0.6 is 0 Å². The van der Waals surface area contributed by atoms with Crippen molar-refractivity contribution in [1.82, 2.24) is 4.98 Å². The van der Waals surface area contributed by atoms with Crippen LogP contribution in [-0.4, -0.2) is 16.1 Å². The van der Waals surface area contributed by atoms with E-state index in [-0.39, 0.29) is 18.0 Å². The average molecular weight is 229 g/mol. The minimum absolute atomic E-state index is 0.0901. The highest BCUT2D eigenvalue weighted by atomic mass is 19.1. The van der Waals surface area contributed by atoms with Gasteiger partial charge < -0.3 is 5.11 Å². The van der Waals surface area contributed by atoms with Crippen LogP contribution in [0.25, 0.3) is 0 Å². The molecule has 5 heteroatoms. The number of rotatable bonds is 4. The Morgan fingerprint density at radius 3 is 2.56 bits per heavy atom. The molecule has 1 aromatic rings. The number of pyridine rings is 1. The molecule has 3 nitrogen and oxygen atoms in total. The molecule has 0 aliphatic heterocycles. The van der Waals surface area contributed by atoms with Gasteiger partial charge in [0.1, 0.15) is 17.6 Å². The first-order chi connectivity index (χ1) is 7.41. The summed E-state index contributed by atoms with van der Waals surface area (Å²) in [5.74, 6) is -3.80. The fourth-order valence-electron chi connectivity index (χ4n) is 1.48. The van der Waals surface area contributed by atoms with Gasteiger partial charge in [-0.05, 0) is 12.3 Å². The lowest BCUT2D eigenvalue weighted by molar-refractivity contribution is -0.139. The van der Waals surface area contributed by atoms with Gasteiger partial charge in [0, 0.05) is 6.07 Å². The van der Waals surface area contributed by atoms with Crippen LogP contribution in [0.5, 0.6) is 0 Å². The van der Waals surface area contributed by atoms with Gasteiger partial charge in [0.2, 0.25) is 0 Å². The van der Waals surface area contributed by atoms with E-state index in [4.69, 9.17) is 5.11 Å². The first-order valence-electron chi connectivity index (χ1n) is 4.95. The molecule has 0 bridgehead atoms. The van der Waals surface area contributed by atoms with Gasteiger partial charge in [-0.3, -0.25) is 9.78 Å². The molecule has 0 aromatic carbocycles. The summed E-state index contributed by atoms with van der Waals surface area (Å²) in [6.45, 7) is 3.66. The molecular formula is C11H13F2NO2. The van der Waals surface area contributed by atoms with E-state index in [1.165, 1.54) is 0 Å². The quantitative estimate of drug-likeness (QED) is 0.863. The van der Waals surface area contributed by atoms with E-state index in [0.29, 0.717) is 6.07 Å². The van der Waals surface area contributed by atoms with E-state index in [9.17, 15) is 13.6 Å². The van der Waals surface area contributed by atoms with Gasteiger partial charge >= 0.3 is 5.97 Å². The molecule has 1 rings (SSSR count). The second kappa shape index (κ2) is 5.01. The van der Waals surface area contributed by atoms with Crippen LogP contribution in [0.2, 0.25) is 0 Å². The number of nitrogens with zero attached hydrogens (tertiary/aromatic N) is 1. The molecule has 1 N–H and O–H groups in total. The molecule has 1 heterocycles. The first kappa shape index (κ1) is 12.5. The Balaban J connectivity index is 3.06. The van der Waals surface area contributed by atoms with Crippen LogP contribution in [0, 0.1) is 17.6 Å². The van der Waals surface area contributed by atoms with Crippen LogP contribution in [0.3, 0.4) is 0 Å². The molecule has 0 saturated heterocycles. The van der Waals surface area contributed by atoms with Crippen molar-refractivity contribution in [2.45, 2.75) is 26.2 Å². The number of aliphatic carboxylic acids is 1. The zero-order chi connectivity index (χ0) is 12.3. The summed E-state index contributed by atoms with van der Waals surface area (Å²) in [6.07, 6.45) is 1.10. The van der Waals surface area contributed by atoms with E-state index >= 15 is 0 Å². The zero-order valence-electron chi connectivity index (χ0n) is 9.08. The number of carbonyl (C=O) groups is 1. The van der Waals surface area contributed by atoms with Crippen molar-refractivity contribution in [2.24, 2.45) is 5.92 Å². The smallest absolute Gasteiger partial charge is 0.312 e. The highest BCUT2D eigenvalue weighted by Gasteiger charge is 2.25. The van der Waals surface area contributed by atoms with E-state index in [1.54, 1.807) is 0 Å². The topological polar surface area (TPSA) is 50.2 Å². The molecule has 0 amide bonds. The second-order valence-corrected chi connectivity index (χ2v) is 4.04. The Bertz CT molecular complexity index is 394.